The molecule has 0 amide bonds. The lowest BCUT2D eigenvalue weighted by Crippen LogP contribution is -2.10. The minimum atomic E-state index is -4.03. The Labute approximate surface area is 187 Å². The zero-order chi connectivity index (χ0) is 23.1. The lowest BCUT2D eigenvalue weighted by molar-refractivity contribution is 0.486. The molecule has 2 aromatic heterocycles. The second kappa shape index (κ2) is 8.07. The van der Waals surface area contributed by atoms with E-state index in [1.807, 2.05) is 20.8 Å². The first-order valence-corrected chi connectivity index (χ1v) is 12.8. The summed E-state index contributed by atoms with van der Waals surface area (Å²) in [5.74, 6) is -0.0132. The number of aryl methyl sites for hydroxylation is 1. The van der Waals surface area contributed by atoms with Crippen LogP contribution in [-0.2, 0) is 20.0 Å². The summed E-state index contributed by atoms with van der Waals surface area (Å²) < 4.78 is 58.7. The van der Waals surface area contributed by atoms with Gasteiger partial charge in [0, 0.05) is 12.4 Å². The maximum atomic E-state index is 13.5. The van der Waals surface area contributed by atoms with Gasteiger partial charge >= 0.3 is 10.1 Å². The molecule has 9 heteroatoms. The van der Waals surface area contributed by atoms with E-state index < -0.39 is 20.0 Å². The van der Waals surface area contributed by atoms with Crippen LogP contribution in [0.25, 0.3) is 5.52 Å². The number of fused-ring (bicyclic) bond motifs is 1. The summed E-state index contributed by atoms with van der Waals surface area (Å²) in [6, 6.07) is 15.0. The van der Waals surface area contributed by atoms with E-state index >= 15 is 0 Å². The molecular weight excluding hydrogens is 448 g/mol. The summed E-state index contributed by atoms with van der Waals surface area (Å²) in [7, 11) is -7.91. The van der Waals surface area contributed by atoms with Crippen LogP contribution in [0.4, 0.5) is 0 Å². The molecule has 32 heavy (non-hydrogen) atoms. The Kier molecular flexibility index (Phi) is 5.56. The molecule has 7 nitrogen and oxygen atoms in total. The predicted molar refractivity (Wildman–Crippen MR) is 120 cm³/mol. The van der Waals surface area contributed by atoms with Crippen LogP contribution in [0.1, 0.15) is 30.9 Å². The highest BCUT2D eigenvalue weighted by atomic mass is 32.2. The quantitative estimate of drug-likeness (QED) is 0.389. The van der Waals surface area contributed by atoms with Gasteiger partial charge in [-0.3, -0.25) is 0 Å². The van der Waals surface area contributed by atoms with E-state index in [1.165, 1.54) is 36.4 Å². The molecule has 0 aliphatic rings. The third kappa shape index (κ3) is 4.01. The van der Waals surface area contributed by atoms with Crippen LogP contribution in [-0.4, -0.2) is 26.4 Å². The van der Waals surface area contributed by atoms with Crippen molar-refractivity contribution in [2.24, 2.45) is 0 Å². The molecule has 0 fully saturated rings. The standard InChI is InChI=1S/C23H22N2O5S2/c1-16(2)21-15-25-22(5-4-14-24-25)23(21)31(26,27)19-12-8-18(9-13-19)30-32(28,29)20-10-6-17(3)7-11-20/h4-16H,1-3H3. The Balaban J connectivity index is 1.70. The number of rotatable bonds is 6. The Morgan fingerprint density at radius 2 is 1.50 bits per heavy atom. The normalized spacial score (nSPS) is 12.4. The van der Waals surface area contributed by atoms with Gasteiger partial charge < -0.3 is 4.18 Å². The molecule has 4 aromatic rings. The lowest BCUT2D eigenvalue weighted by Gasteiger charge is -2.11. The molecule has 0 saturated heterocycles. The number of nitrogens with zero attached hydrogens (tertiary/aromatic N) is 2. The molecule has 4 rings (SSSR count). The molecule has 0 aliphatic heterocycles. The summed E-state index contributed by atoms with van der Waals surface area (Å²) in [6.07, 6.45) is 3.31. The minimum absolute atomic E-state index is 0.0224. The van der Waals surface area contributed by atoms with Crippen molar-refractivity contribution in [3.63, 3.8) is 0 Å². The lowest BCUT2D eigenvalue weighted by atomic mass is 10.1. The highest BCUT2D eigenvalue weighted by molar-refractivity contribution is 7.91. The fourth-order valence-electron chi connectivity index (χ4n) is 3.38. The van der Waals surface area contributed by atoms with Gasteiger partial charge in [-0.05, 0) is 66.9 Å². The van der Waals surface area contributed by atoms with Gasteiger partial charge in [-0.15, -0.1) is 0 Å². The average Bonchev–Trinajstić information content (AvgIpc) is 3.15. The van der Waals surface area contributed by atoms with Crippen LogP contribution in [0.2, 0.25) is 0 Å². The monoisotopic (exact) mass is 470 g/mol. The van der Waals surface area contributed by atoms with E-state index in [2.05, 4.69) is 5.10 Å². The number of aromatic nitrogens is 2. The van der Waals surface area contributed by atoms with Crippen LogP contribution < -0.4 is 4.18 Å². The van der Waals surface area contributed by atoms with Crippen LogP contribution in [0.5, 0.6) is 5.75 Å². The van der Waals surface area contributed by atoms with Crippen molar-refractivity contribution < 1.29 is 21.0 Å². The average molecular weight is 471 g/mol. The van der Waals surface area contributed by atoms with Crippen molar-refractivity contribution in [3.05, 3.63) is 84.2 Å². The largest absolute Gasteiger partial charge is 0.379 e. The Hall–Kier alpha value is -3.17. The third-order valence-corrected chi connectivity index (χ3v) is 8.21. The SMILES string of the molecule is Cc1ccc(S(=O)(=O)Oc2ccc(S(=O)(=O)c3c(C(C)C)cn4ncccc34)cc2)cc1. The Morgan fingerprint density at radius 3 is 2.12 bits per heavy atom. The van der Waals surface area contributed by atoms with Gasteiger partial charge in [-0.25, -0.2) is 12.9 Å². The predicted octanol–water partition coefficient (Wildman–Crippen LogP) is 4.37. The van der Waals surface area contributed by atoms with E-state index in [1.54, 1.807) is 41.2 Å². The fraction of sp³-hybridized carbons (Fsp3) is 0.174. The van der Waals surface area contributed by atoms with E-state index in [-0.39, 0.29) is 26.4 Å². The number of hydrogen-bond acceptors (Lipinski definition) is 6. The first-order valence-electron chi connectivity index (χ1n) is 9.92. The smallest absolute Gasteiger partial charge is 0.339 e. The Morgan fingerprint density at radius 1 is 0.875 bits per heavy atom. The molecule has 0 bridgehead atoms. The molecular formula is C23H22N2O5S2. The molecule has 0 saturated carbocycles. The van der Waals surface area contributed by atoms with E-state index in [9.17, 15) is 16.8 Å². The number of benzene rings is 2. The summed E-state index contributed by atoms with van der Waals surface area (Å²) in [5.41, 5.74) is 2.07. The van der Waals surface area contributed by atoms with Crippen LogP contribution in [0.3, 0.4) is 0 Å². The van der Waals surface area contributed by atoms with Crippen molar-refractivity contribution >= 4 is 25.5 Å². The number of sulfone groups is 1. The number of hydrogen-bond donors (Lipinski definition) is 0. The van der Waals surface area contributed by atoms with Gasteiger partial charge in [0.05, 0.1) is 10.4 Å². The molecule has 0 unspecified atom stereocenters. The Bertz CT molecular complexity index is 1490. The fourth-order valence-corrected chi connectivity index (χ4v) is 6.08. The zero-order valence-corrected chi connectivity index (χ0v) is 19.4. The van der Waals surface area contributed by atoms with Crippen molar-refractivity contribution in [2.45, 2.75) is 41.4 Å². The summed E-state index contributed by atoms with van der Waals surface area (Å²) in [5, 5.41) is 4.21. The van der Waals surface area contributed by atoms with Gasteiger partial charge in [-0.1, -0.05) is 31.5 Å². The highest BCUT2D eigenvalue weighted by Crippen LogP contribution is 2.34. The maximum absolute atomic E-state index is 13.5. The summed E-state index contributed by atoms with van der Waals surface area (Å²) in [6.45, 7) is 5.69. The first kappa shape index (κ1) is 22.0. The molecule has 0 N–H and O–H groups in total. The second-order valence-electron chi connectivity index (χ2n) is 7.75. The van der Waals surface area contributed by atoms with Crippen LogP contribution in [0, 0.1) is 6.92 Å². The minimum Gasteiger partial charge on any atom is -0.379 e. The molecule has 2 heterocycles. The van der Waals surface area contributed by atoms with Crippen LogP contribution in [0.15, 0.2) is 87.7 Å². The summed E-state index contributed by atoms with van der Waals surface area (Å²) in [4.78, 5) is 0.257. The zero-order valence-electron chi connectivity index (χ0n) is 17.8. The van der Waals surface area contributed by atoms with E-state index in [0.29, 0.717) is 11.1 Å². The molecule has 2 aromatic carbocycles. The highest BCUT2D eigenvalue weighted by Gasteiger charge is 2.28. The summed E-state index contributed by atoms with van der Waals surface area (Å²) >= 11 is 0. The van der Waals surface area contributed by atoms with Gasteiger partial charge in [0.1, 0.15) is 15.5 Å². The van der Waals surface area contributed by atoms with E-state index in [4.69, 9.17) is 4.18 Å². The van der Waals surface area contributed by atoms with Gasteiger partial charge in [0.25, 0.3) is 0 Å². The van der Waals surface area contributed by atoms with Gasteiger partial charge in [0.2, 0.25) is 9.84 Å². The molecule has 0 spiro atoms. The van der Waals surface area contributed by atoms with Crippen molar-refractivity contribution in [1.82, 2.24) is 9.61 Å². The van der Waals surface area contributed by atoms with Gasteiger partial charge in [-0.2, -0.15) is 13.5 Å². The van der Waals surface area contributed by atoms with Crippen molar-refractivity contribution in [2.75, 3.05) is 0 Å². The van der Waals surface area contributed by atoms with Crippen LogP contribution >= 0.6 is 0 Å². The molecule has 166 valence electrons. The van der Waals surface area contributed by atoms with Gasteiger partial charge in [0.15, 0.2) is 0 Å². The topological polar surface area (TPSA) is 94.8 Å². The van der Waals surface area contributed by atoms with Crippen molar-refractivity contribution in [1.29, 1.82) is 0 Å². The van der Waals surface area contributed by atoms with Crippen molar-refractivity contribution in [3.8, 4) is 5.75 Å². The third-order valence-electron chi connectivity index (χ3n) is 5.07. The molecule has 0 radical (unpaired) electrons. The maximum Gasteiger partial charge on any atom is 0.339 e. The second-order valence-corrected chi connectivity index (χ2v) is 11.2. The molecule has 0 aliphatic carbocycles. The van der Waals surface area contributed by atoms with E-state index in [0.717, 1.165) is 5.56 Å². The first-order chi connectivity index (χ1) is 15.1. The molecule has 0 atom stereocenters.